The first-order valence-corrected chi connectivity index (χ1v) is 7.41. The predicted octanol–water partition coefficient (Wildman–Crippen LogP) is 3.09. The number of hydrogen-bond donors (Lipinski definition) is 1. The van der Waals surface area contributed by atoms with Crippen molar-refractivity contribution >= 4 is 11.6 Å². The Kier molecular flexibility index (Phi) is 5.41. The lowest BCUT2D eigenvalue weighted by molar-refractivity contribution is -0.119. The predicted molar refractivity (Wildman–Crippen MR) is 79.0 cm³/mol. The lowest BCUT2D eigenvalue weighted by Gasteiger charge is -2.25. The molecule has 1 atom stereocenters. The summed E-state index contributed by atoms with van der Waals surface area (Å²) in [5.41, 5.74) is 0.752. The van der Waals surface area contributed by atoms with E-state index in [2.05, 4.69) is 0 Å². The first kappa shape index (κ1) is 14.9. The van der Waals surface area contributed by atoms with Crippen molar-refractivity contribution in [1.82, 2.24) is 0 Å². The van der Waals surface area contributed by atoms with Crippen LogP contribution in [-0.2, 0) is 9.53 Å². The highest BCUT2D eigenvalue weighted by Gasteiger charge is 2.19. The molecule has 0 spiro atoms. The van der Waals surface area contributed by atoms with Crippen LogP contribution in [0.1, 0.15) is 39.0 Å². The fraction of sp³-hybridized carbons (Fsp3) is 0.562. The van der Waals surface area contributed by atoms with Crippen molar-refractivity contribution in [3.8, 4) is 5.75 Å². The number of benzene rings is 1. The topological polar surface area (TPSA) is 49.8 Å². The summed E-state index contributed by atoms with van der Waals surface area (Å²) in [5, 5.41) is 9.52. The number of carbonyl (C=O) groups excluding carboxylic acids is 1. The van der Waals surface area contributed by atoms with Gasteiger partial charge in [0.1, 0.15) is 5.75 Å². The molecule has 0 aliphatic carbocycles. The maximum Gasteiger partial charge on any atom is 0.227 e. The largest absolute Gasteiger partial charge is 0.508 e. The zero-order valence-electron chi connectivity index (χ0n) is 12.0. The van der Waals surface area contributed by atoms with Crippen LogP contribution in [0.5, 0.6) is 5.75 Å². The highest BCUT2D eigenvalue weighted by molar-refractivity contribution is 5.93. The number of phenolic OH excluding ortho intramolecular Hbond substituents is 1. The van der Waals surface area contributed by atoms with Gasteiger partial charge in [-0.15, -0.1) is 0 Å². The fourth-order valence-electron chi connectivity index (χ4n) is 2.62. The van der Waals surface area contributed by atoms with Crippen molar-refractivity contribution in [2.24, 2.45) is 0 Å². The summed E-state index contributed by atoms with van der Waals surface area (Å²) < 4.78 is 5.66. The van der Waals surface area contributed by atoms with Crippen LogP contribution in [0.15, 0.2) is 24.3 Å². The second-order valence-electron chi connectivity index (χ2n) is 5.19. The van der Waals surface area contributed by atoms with Gasteiger partial charge < -0.3 is 14.7 Å². The number of ether oxygens (including phenoxy) is 1. The Bertz CT molecular complexity index is 441. The average Bonchev–Trinajstić information content (AvgIpc) is 2.47. The number of amides is 1. The molecular formula is C16H23NO3. The second kappa shape index (κ2) is 7.29. The van der Waals surface area contributed by atoms with Gasteiger partial charge in [-0.2, -0.15) is 0 Å². The summed E-state index contributed by atoms with van der Waals surface area (Å²) in [6.45, 7) is 3.37. The molecule has 1 fully saturated rings. The van der Waals surface area contributed by atoms with E-state index in [0.29, 0.717) is 13.0 Å². The van der Waals surface area contributed by atoms with Gasteiger partial charge in [-0.05, 0) is 44.7 Å². The number of aromatic hydroxyl groups is 1. The third-order valence-electron chi connectivity index (χ3n) is 3.71. The molecule has 1 aliphatic heterocycles. The maximum absolute atomic E-state index is 12.3. The molecule has 4 heteroatoms. The molecule has 1 saturated heterocycles. The summed E-state index contributed by atoms with van der Waals surface area (Å²) in [6.07, 6.45) is 4.90. The minimum Gasteiger partial charge on any atom is -0.508 e. The third kappa shape index (κ3) is 3.97. The van der Waals surface area contributed by atoms with Gasteiger partial charge in [0.2, 0.25) is 5.91 Å². The number of hydrogen-bond acceptors (Lipinski definition) is 3. The summed E-state index contributed by atoms with van der Waals surface area (Å²) in [6, 6.07) is 6.83. The van der Waals surface area contributed by atoms with Crippen LogP contribution in [0.2, 0.25) is 0 Å². The molecule has 1 aromatic rings. The SMILES string of the molecule is CCN(C(=O)CCC1CCCCO1)c1cccc(O)c1. The van der Waals surface area contributed by atoms with Crippen molar-refractivity contribution in [2.45, 2.75) is 45.1 Å². The minimum absolute atomic E-state index is 0.0901. The first-order valence-electron chi connectivity index (χ1n) is 7.41. The standard InChI is InChI=1S/C16H23NO3/c1-2-17(13-6-5-7-14(18)12-13)16(19)10-9-15-8-3-4-11-20-15/h5-7,12,15,18H,2-4,8-11H2,1H3. The van der Waals surface area contributed by atoms with E-state index in [-0.39, 0.29) is 17.8 Å². The van der Waals surface area contributed by atoms with Gasteiger partial charge in [-0.25, -0.2) is 0 Å². The first-order chi connectivity index (χ1) is 9.70. The molecule has 1 unspecified atom stereocenters. The van der Waals surface area contributed by atoms with E-state index in [1.54, 1.807) is 23.1 Å². The molecule has 0 aromatic heterocycles. The highest BCUT2D eigenvalue weighted by Crippen LogP contribution is 2.22. The number of carbonyl (C=O) groups is 1. The van der Waals surface area contributed by atoms with Crippen molar-refractivity contribution in [2.75, 3.05) is 18.1 Å². The maximum atomic E-state index is 12.3. The Hall–Kier alpha value is -1.55. The van der Waals surface area contributed by atoms with Crippen LogP contribution >= 0.6 is 0 Å². The number of nitrogens with zero attached hydrogens (tertiary/aromatic N) is 1. The zero-order chi connectivity index (χ0) is 14.4. The molecule has 4 nitrogen and oxygen atoms in total. The Morgan fingerprint density at radius 1 is 1.45 bits per heavy atom. The second-order valence-corrected chi connectivity index (χ2v) is 5.19. The molecule has 1 aromatic carbocycles. The Morgan fingerprint density at radius 2 is 2.30 bits per heavy atom. The molecule has 0 bridgehead atoms. The number of phenols is 1. The molecule has 0 saturated carbocycles. The van der Waals surface area contributed by atoms with Crippen LogP contribution in [-0.4, -0.2) is 30.3 Å². The molecule has 1 aliphatic rings. The minimum atomic E-state index is 0.0901. The van der Waals surface area contributed by atoms with E-state index in [9.17, 15) is 9.90 Å². The van der Waals surface area contributed by atoms with E-state index >= 15 is 0 Å². The van der Waals surface area contributed by atoms with Crippen molar-refractivity contribution < 1.29 is 14.6 Å². The van der Waals surface area contributed by atoms with Gasteiger partial charge in [0.05, 0.1) is 6.10 Å². The monoisotopic (exact) mass is 277 g/mol. The third-order valence-corrected chi connectivity index (χ3v) is 3.71. The van der Waals surface area contributed by atoms with Crippen LogP contribution in [0.3, 0.4) is 0 Å². The van der Waals surface area contributed by atoms with Crippen LogP contribution in [0.25, 0.3) is 0 Å². The molecule has 2 rings (SSSR count). The van der Waals surface area contributed by atoms with Gasteiger partial charge in [0, 0.05) is 31.3 Å². The Balaban J connectivity index is 1.91. The van der Waals surface area contributed by atoms with Crippen molar-refractivity contribution in [3.05, 3.63) is 24.3 Å². The number of anilines is 1. The molecule has 1 amide bonds. The summed E-state index contributed by atoms with van der Waals surface area (Å²) in [4.78, 5) is 14.0. The van der Waals surface area contributed by atoms with Gasteiger partial charge >= 0.3 is 0 Å². The molecule has 110 valence electrons. The van der Waals surface area contributed by atoms with Crippen LogP contribution < -0.4 is 4.90 Å². The fourth-order valence-corrected chi connectivity index (χ4v) is 2.62. The summed E-state index contributed by atoms with van der Waals surface area (Å²) in [5.74, 6) is 0.275. The van der Waals surface area contributed by atoms with Crippen LogP contribution in [0.4, 0.5) is 5.69 Å². The number of rotatable bonds is 5. The summed E-state index contributed by atoms with van der Waals surface area (Å²) in [7, 11) is 0. The van der Waals surface area contributed by atoms with E-state index in [1.807, 2.05) is 13.0 Å². The van der Waals surface area contributed by atoms with E-state index in [4.69, 9.17) is 4.74 Å². The smallest absolute Gasteiger partial charge is 0.227 e. The van der Waals surface area contributed by atoms with E-state index in [0.717, 1.165) is 31.6 Å². The highest BCUT2D eigenvalue weighted by atomic mass is 16.5. The summed E-state index contributed by atoms with van der Waals surface area (Å²) >= 11 is 0. The van der Waals surface area contributed by atoms with Gasteiger partial charge in [-0.3, -0.25) is 4.79 Å². The quantitative estimate of drug-likeness (QED) is 0.899. The lowest BCUT2D eigenvalue weighted by Crippen LogP contribution is -2.31. The van der Waals surface area contributed by atoms with E-state index < -0.39 is 0 Å². The molecule has 1 N–H and O–H groups in total. The molecular weight excluding hydrogens is 254 g/mol. The van der Waals surface area contributed by atoms with Gasteiger partial charge in [0.15, 0.2) is 0 Å². The molecule has 1 heterocycles. The Labute approximate surface area is 120 Å². The van der Waals surface area contributed by atoms with Gasteiger partial charge in [-0.1, -0.05) is 6.07 Å². The zero-order valence-corrected chi connectivity index (χ0v) is 12.0. The molecule has 0 radical (unpaired) electrons. The average molecular weight is 277 g/mol. The van der Waals surface area contributed by atoms with Gasteiger partial charge in [0.25, 0.3) is 0 Å². The van der Waals surface area contributed by atoms with E-state index in [1.165, 1.54) is 6.42 Å². The normalized spacial score (nSPS) is 18.8. The lowest BCUT2D eigenvalue weighted by atomic mass is 10.0. The molecule has 20 heavy (non-hydrogen) atoms. The van der Waals surface area contributed by atoms with Crippen molar-refractivity contribution in [1.29, 1.82) is 0 Å². The Morgan fingerprint density at radius 3 is 2.95 bits per heavy atom. The van der Waals surface area contributed by atoms with Crippen LogP contribution in [0, 0.1) is 0 Å². The van der Waals surface area contributed by atoms with Crippen molar-refractivity contribution in [3.63, 3.8) is 0 Å².